The number of carbonyl (C=O) groups is 1. The fourth-order valence-electron chi connectivity index (χ4n) is 1.57. The van der Waals surface area contributed by atoms with Gasteiger partial charge in [0.25, 0.3) is 0 Å². The molecule has 0 unspecified atom stereocenters. The molecule has 2 rings (SSSR count). The van der Waals surface area contributed by atoms with Crippen molar-refractivity contribution >= 4 is 12.2 Å². The summed E-state index contributed by atoms with van der Waals surface area (Å²) in [5.74, 6) is 0. The second-order valence-corrected chi connectivity index (χ2v) is 5.40. The molecular formula is C15H17N3O4. The van der Waals surface area contributed by atoms with Gasteiger partial charge in [-0.1, -0.05) is 6.07 Å². The molecule has 2 aromatic heterocycles. The monoisotopic (exact) mass is 303 g/mol. The van der Waals surface area contributed by atoms with Gasteiger partial charge in [0.05, 0.1) is 11.9 Å². The summed E-state index contributed by atoms with van der Waals surface area (Å²) in [5, 5.41) is 4.01. The zero-order valence-corrected chi connectivity index (χ0v) is 12.9. The van der Waals surface area contributed by atoms with E-state index in [1.54, 1.807) is 12.4 Å². The zero-order valence-electron chi connectivity index (χ0n) is 12.9. The Morgan fingerprint density at radius 1 is 1.27 bits per heavy atom. The van der Waals surface area contributed by atoms with Crippen molar-refractivity contribution in [3.63, 3.8) is 0 Å². The van der Waals surface area contributed by atoms with E-state index in [4.69, 9.17) is 14.3 Å². The molecule has 0 amide bonds. The molecule has 7 heteroatoms. The van der Waals surface area contributed by atoms with Crippen molar-refractivity contribution < 1.29 is 19.1 Å². The summed E-state index contributed by atoms with van der Waals surface area (Å²) < 4.78 is 6.42. The molecule has 22 heavy (non-hydrogen) atoms. The van der Waals surface area contributed by atoms with E-state index in [2.05, 4.69) is 10.1 Å². The predicted octanol–water partition coefficient (Wildman–Crippen LogP) is 2.45. The Morgan fingerprint density at radius 3 is 2.45 bits per heavy atom. The van der Waals surface area contributed by atoms with Crippen LogP contribution in [0, 0.1) is 6.92 Å². The molecule has 0 aliphatic heterocycles. The van der Waals surface area contributed by atoms with Gasteiger partial charge in [0, 0.05) is 17.5 Å². The van der Waals surface area contributed by atoms with Gasteiger partial charge in [-0.25, -0.2) is 4.79 Å². The van der Waals surface area contributed by atoms with Crippen LogP contribution in [0.2, 0.25) is 0 Å². The molecule has 7 nitrogen and oxygen atoms in total. The number of rotatable bonds is 1. The highest BCUT2D eigenvalue weighted by Crippen LogP contribution is 2.17. The average Bonchev–Trinajstić information content (AvgIpc) is 2.87. The molecule has 0 saturated heterocycles. The van der Waals surface area contributed by atoms with Crippen molar-refractivity contribution in [2.75, 3.05) is 0 Å². The number of aryl methyl sites for hydroxylation is 1. The van der Waals surface area contributed by atoms with E-state index >= 15 is 0 Å². The first-order chi connectivity index (χ1) is 10.3. The van der Waals surface area contributed by atoms with Crippen LogP contribution < -0.4 is 0 Å². The van der Waals surface area contributed by atoms with Gasteiger partial charge in [0.2, 0.25) is 0 Å². The fraction of sp³-hybridized carbons (Fsp3) is 0.333. The van der Waals surface area contributed by atoms with Crippen LogP contribution in [0.3, 0.4) is 0 Å². The minimum atomic E-state index is -0.537. The van der Waals surface area contributed by atoms with Crippen LogP contribution in [0.4, 0.5) is 4.79 Å². The van der Waals surface area contributed by atoms with Gasteiger partial charge in [-0.3, -0.25) is 4.98 Å². The van der Waals surface area contributed by atoms with Crippen molar-refractivity contribution in [1.29, 1.82) is 0 Å². The largest absolute Gasteiger partial charge is 0.442 e. The van der Waals surface area contributed by atoms with E-state index < -0.39 is 11.7 Å². The Morgan fingerprint density at radius 2 is 1.91 bits per heavy atom. The summed E-state index contributed by atoms with van der Waals surface area (Å²) in [4.78, 5) is 32.5. The van der Waals surface area contributed by atoms with Gasteiger partial charge in [-0.05, 0) is 39.8 Å². The second-order valence-electron chi connectivity index (χ2n) is 5.40. The van der Waals surface area contributed by atoms with Gasteiger partial charge in [-0.15, -0.1) is 0 Å². The fourth-order valence-corrected chi connectivity index (χ4v) is 1.57. The standard InChI is InChI=1S/C14H17N3O2.CO2/c1-10-6-5-7-12(16-10)11-8-15-17(9-11)13(18)19-14(2,3)4;2-1-3/h5-9H,1-4H3;. The number of hydrogen-bond acceptors (Lipinski definition) is 6. The summed E-state index contributed by atoms with van der Waals surface area (Å²) in [7, 11) is 0. The van der Waals surface area contributed by atoms with E-state index in [0.29, 0.717) is 0 Å². The molecule has 0 aliphatic rings. The molecular weight excluding hydrogens is 286 g/mol. The lowest BCUT2D eigenvalue weighted by Crippen LogP contribution is -2.27. The molecule has 0 fully saturated rings. The van der Waals surface area contributed by atoms with Crippen LogP contribution in [0.1, 0.15) is 26.5 Å². The molecule has 0 atom stereocenters. The maximum absolute atomic E-state index is 11.8. The van der Waals surface area contributed by atoms with Crippen molar-refractivity contribution in [2.24, 2.45) is 0 Å². The molecule has 0 spiro atoms. The Kier molecular flexibility index (Phi) is 5.72. The number of carbonyl (C=O) groups excluding carboxylic acids is 3. The predicted molar refractivity (Wildman–Crippen MR) is 76.8 cm³/mol. The summed E-state index contributed by atoms with van der Waals surface area (Å²) in [6, 6.07) is 5.72. The first-order valence-electron chi connectivity index (χ1n) is 6.48. The SMILES string of the molecule is Cc1cccc(-c2cnn(C(=O)OC(C)(C)C)c2)n1.O=C=O. The number of nitrogens with zero attached hydrogens (tertiary/aromatic N) is 3. The highest BCUT2D eigenvalue weighted by molar-refractivity contribution is 5.72. The van der Waals surface area contributed by atoms with Gasteiger partial charge < -0.3 is 4.74 Å². The van der Waals surface area contributed by atoms with Crippen LogP contribution >= 0.6 is 0 Å². The molecule has 2 heterocycles. The molecule has 116 valence electrons. The van der Waals surface area contributed by atoms with E-state index in [0.717, 1.165) is 17.0 Å². The normalized spacial score (nSPS) is 10.2. The third kappa shape index (κ3) is 5.30. The Bertz CT molecular complexity index is 680. The number of pyridine rings is 1. The molecule has 0 saturated carbocycles. The number of hydrogen-bond donors (Lipinski definition) is 0. The molecule has 2 aromatic rings. The first-order valence-corrected chi connectivity index (χ1v) is 6.48. The van der Waals surface area contributed by atoms with Crippen LogP contribution in [-0.4, -0.2) is 32.6 Å². The third-order valence-corrected chi connectivity index (χ3v) is 2.35. The lowest BCUT2D eigenvalue weighted by atomic mass is 10.2. The van der Waals surface area contributed by atoms with Crippen molar-refractivity contribution in [2.45, 2.75) is 33.3 Å². The van der Waals surface area contributed by atoms with Gasteiger partial charge in [0.1, 0.15) is 5.60 Å². The minimum Gasteiger partial charge on any atom is -0.442 e. The molecule has 0 N–H and O–H groups in total. The van der Waals surface area contributed by atoms with Crippen LogP contribution in [-0.2, 0) is 14.3 Å². The van der Waals surface area contributed by atoms with Gasteiger partial charge >= 0.3 is 12.2 Å². The lowest BCUT2D eigenvalue weighted by molar-refractivity contribution is -0.191. The Hall–Kier alpha value is -2.79. The minimum absolute atomic E-state index is 0.250. The van der Waals surface area contributed by atoms with Crippen LogP contribution in [0.5, 0.6) is 0 Å². The summed E-state index contributed by atoms with van der Waals surface area (Å²) in [6.07, 6.45) is 2.98. The molecule has 0 bridgehead atoms. The van der Waals surface area contributed by atoms with Crippen molar-refractivity contribution in [1.82, 2.24) is 14.8 Å². The molecule has 0 aromatic carbocycles. The van der Waals surface area contributed by atoms with E-state index in [9.17, 15) is 4.79 Å². The average molecular weight is 303 g/mol. The van der Waals surface area contributed by atoms with E-state index in [1.165, 1.54) is 4.68 Å². The number of ether oxygens (including phenoxy) is 1. The highest BCUT2D eigenvalue weighted by Gasteiger charge is 2.18. The maximum atomic E-state index is 11.8. The highest BCUT2D eigenvalue weighted by atomic mass is 16.6. The zero-order chi connectivity index (χ0) is 16.8. The van der Waals surface area contributed by atoms with Gasteiger partial charge in [-0.2, -0.15) is 19.4 Å². The second kappa shape index (κ2) is 7.28. The summed E-state index contributed by atoms with van der Waals surface area (Å²) in [5.41, 5.74) is 1.96. The summed E-state index contributed by atoms with van der Waals surface area (Å²) >= 11 is 0. The number of aromatic nitrogens is 3. The first kappa shape index (κ1) is 17.3. The van der Waals surface area contributed by atoms with Crippen molar-refractivity contribution in [3.8, 4) is 11.3 Å². The van der Waals surface area contributed by atoms with E-state index in [1.807, 2.05) is 45.9 Å². The topological polar surface area (TPSA) is 91.2 Å². The molecule has 0 radical (unpaired) electrons. The smallest absolute Gasteiger partial charge is 0.435 e. The van der Waals surface area contributed by atoms with Crippen molar-refractivity contribution in [3.05, 3.63) is 36.3 Å². The Labute approximate surface area is 127 Å². The molecule has 0 aliphatic carbocycles. The van der Waals surface area contributed by atoms with E-state index in [-0.39, 0.29) is 6.15 Å². The van der Waals surface area contributed by atoms with Gasteiger partial charge in [0.15, 0.2) is 0 Å². The maximum Gasteiger partial charge on any atom is 0.435 e. The van der Waals surface area contributed by atoms with Crippen LogP contribution in [0.25, 0.3) is 11.3 Å². The Balaban J connectivity index is 0.000000745. The summed E-state index contributed by atoms with van der Waals surface area (Å²) in [6.45, 7) is 7.37. The third-order valence-electron chi connectivity index (χ3n) is 2.35. The quantitative estimate of drug-likeness (QED) is 0.803. The lowest BCUT2D eigenvalue weighted by Gasteiger charge is -2.18. The van der Waals surface area contributed by atoms with Crippen LogP contribution in [0.15, 0.2) is 30.6 Å².